The molecule has 0 aromatic heterocycles. The second-order valence-electron chi connectivity index (χ2n) is 4.91. The number of rotatable bonds is 4. The van der Waals surface area contributed by atoms with Gasteiger partial charge < -0.3 is 10.6 Å². The molecule has 0 bridgehead atoms. The van der Waals surface area contributed by atoms with Crippen LogP contribution in [0.25, 0.3) is 10.8 Å². The summed E-state index contributed by atoms with van der Waals surface area (Å²) in [7, 11) is 0. The van der Waals surface area contributed by atoms with Gasteiger partial charge in [-0.1, -0.05) is 48.5 Å². The van der Waals surface area contributed by atoms with Crippen molar-refractivity contribution in [2.75, 3.05) is 17.2 Å². The summed E-state index contributed by atoms with van der Waals surface area (Å²) in [5.74, 6) is -0.737. The summed E-state index contributed by atoms with van der Waals surface area (Å²) >= 11 is 0. The summed E-state index contributed by atoms with van der Waals surface area (Å²) in [6.07, 6.45) is 0. The third kappa shape index (κ3) is 3.06. The SMILES string of the molecule is O=C(CNc1cccc2ccccc12)Nc1ccccc1F. The minimum Gasteiger partial charge on any atom is -0.376 e. The number of amides is 1. The van der Waals surface area contributed by atoms with Gasteiger partial charge in [0.05, 0.1) is 12.2 Å². The van der Waals surface area contributed by atoms with E-state index >= 15 is 0 Å². The zero-order valence-corrected chi connectivity index (χ0v) is 11.8. The molecule has 2 N–H and O–H groups in total. The molecule has 0 heterocycles. The highest BCUT2D eigenvalue weighted by Gasteiger charge is 2.07. The molecule has 0 spiro atoms. The Hall–Kier alpha value is -2.88. The lowest BCUT2D eigenvalue weighted by Gasteiger charge is -2.10. The number of halogens is 1. The lowest BCUT2D eigenvalue weighted by atomic mass is 10.1. The highest BCUT2D eigenvalue weighted by Crippen LogP contribution is 2.22. The summed E-state index contributed by atoms with van der Waals surface area (Å²) in [4.78, 5) is 11.9. The number of anilines is 2. The van der Waals surface area contributed by atoms with E-state index < -0.39 is 5.82 Å². The number of hydrogen-bond donors (Lipinski definition) is 2. The van der Waals surface area contributed by atoms with Gasteiger partial charge >= 0.3 is 0 Å². The van der Waals surface area contributed by atoms with Crippen LogP contribution in [0.1, 0.15) is 0 Å². The van der Waals surface area contributed by atoms with E-state index in [0.717, 1.165) is 16.5 Å². The molecule has 0 saturated carbocycles. The molecule has 0 saturated heterocycles. The molecular weight excluding hydrogens is 279 g/mol. The van der Waals surface area contributed by atoms with E-state index in [1.807, 2.05) is 42.5 Å². The van der Waals surface area contributed by atoms with E-state index in [9.17, 15) is 9.18 Å². The average molecular weight is 294 g/mol. The Morgan fingerprint density at radius 3 is 2.41 bits per heavy atom. The lowest BCUT2D eigenvalue weighted by molar-refractivity contribution is -0.114. The van der Waals surface area contributed by atoms with Gasteiger partial charge in [0.15, 0.2) is 0 Å². The minimum atomic E-state index is -0.444. The van der Waals surface area contributed by atoms with Crippen molar-refractivity contribution in [3.8, 4) is 0 Å². The number of fused-ring (bicyclic) bond motifs is 1. The molecule has 3 aromatic carbocycles. The van der Waals surface area contributed by atoms with Gasteiger partial charge in [0.1, 0.15) is 5.82 Å². The van der Waals surface area contributed by atoms with Crippen LogP contribution in [0.15, 0.2) is 66.7 Å². The molecule has 0 aliphatic heterocycles. The van der Waals surface area contributed by atoms with Gasteiger partial charge in [0, 0.05) is 11.1 Å². The molecule has 0 atom stereocenters. The zero-order valence-electron chi connectivity index (χ0n) is 11.8. The Labute approximate surface area is 127 Å². The predicted octanol–water partition coefficient (Wildman–Crippen LogP) is 4.03. The summed E-state index contributed by atoms with van der Waals surface area (Å²) in [5, 5.41) is 7.79. The fourth-order valence-corrected chi connectivity index (χ4v) is 2.31. The molecular formula is C18H15FN2O. The van der Waals surface area contributed by atoms with Crippen molar-refractivity contribution in [1.82, 2.24) is 0 Å². The second kappa shape index (κ2) is 6.26. The Kier molecular flexibility index (Phi) is 4.01. The quantitative estimate of drug-likeness (QED) is 0.762. The predicted molar refractivity (Wildman–Crippen MR) is 87.5 cm³/mol. The van der Waals surface area contributed by atoms with E-state index in [1.54, 1.807) is 12.1 Å². The molecule has 3 rings (SSSR count). The molecule has 3 aromatic rings. The van der Waals surface area contributed by atoms with Gasteiger partial charge in [0.2, 0.25) is 5.91 Å². The topological polar surface area (TPSA) is 41.1 Å². The third-order valence-corrected chi connectivity index (χ3v) is 3.38. The Morgan fingerprint density at radius 1 is 0.864 bits per heavy atom. The van der Waals surface area contributed by atoms with Crippen LogP contribution in [0, 0.1) is 5.82 Å². The fourth-order valence-electron chi connectivity index (χ4n) is 2.31. The first-order chi connectivity index (χ1) is 10.7. The van der Waals surface area contributed by atoms with Crippen LogP contribution in [0.2, 0.25) is 0 Å². The average Bonchev–Trinajstić information content (AvgIpc) is 2.55. The molecule has 22 heavy (non-hydrogen) atoms. The van der Waals surface area contributed by atoms with Crippen molar-refractivity contribution in [3.05, 3.63) is 72.5 Å². The van der Waals surface area contributed by atoms with Crippen LogP contribution in [0.3, 0.4) is 0 Å². The van der Waals surface area contributed by atoms with Crippen LogP contribution in [-0.2, 0) is 4.79 Å². The van der Waals surface area contributed by atoms with Gasteiger partial charge in [-0.3, -0.25) is 4.79 Å². The Morgan fingerprint density at radius 2 is 1.55 bits per heavy atom. The minimum absolute atomic E-state index is 0.0718. The Balaban J connectivity index is 1.69. The summed E-state index contributed by atoms with van der Waals surface area (Å²) in [6, 6.07) is 19.9. The fraction of sp³-hybridized carbons (Fsp3) is 0.0556. The van der Waals surface area contributed by atoms with Crippen molar-refractivity contribution in [1.29, 1.82) is 0 Å². The van der Waals surface area contributed by atoms with Gasteiger partial charge in [0.25, 0.3) is 0 Å². The van der Waals surface area contributed by atoms with Crippen molar-refractivity contribution < 1.29 is 9.18 Å². The number of carbonyl (C=O) groups is 1. The van der Waals surface area contributed by atoms with Crippen LogP contribution < -0.4 is 10.6 Å². The van der Waals surface area contributed by atoms with Crippen molar-refractivity contribution in [2.45, 2.75) is 0 Å². The first kappa shape index (κ1) is 14.1. The number of hydrogen-bond acceptors (Lipinski definition) is 2. The van der Waals surface area contributed by atoms with Crippen LogP contribution in [-0.4, -0.2) is 12.5 Å². The molecule has 0 unspecified atom stereocenters. The summed E-state index contributed by atoms with van der Waals surface area (Å²) in [6.45, 7) is 0.0718. The maximum Gasteiger partial charge on any atom is 0.243 e. The standard InChI is InChI=1S/C18H15FN2O/c19-15-9-3-4-10-17(15)21-18(22)12-20-16-11-5-7-13-6-1-2-8-14(13)16/h1-11,20H,12H2,(H,21,22). The summed E-state index contributed by atoms with van der Waals surface area (Å²) in [5.41, 5.74) is 1.06. The highest BCUT2D eigenvalue weighted by molar-refractivity contribution is 5.97. The third-order valence-electron chi connectivity index (χ3n) is 3.38. The van der Waals surface area contributed by atoms with Crippen molar-refractivity contribution >= 4 is 28.1 Å². The van der Waals surface area contributed by atoms with E-state index in [1.165, 1.54) is 12.1 Å². The summed E-state index contributed by atoms with van der Waals surface area (Å²) < 4.78 is 13.5. The largest absolute Gasteiger partial charge is 0.376 e. The number of para-hydroxylation sites is 1. The molecule has 4 heteroatoms. The zero-order chi connectivity index (χ0) is 15.4. The smallest absolute Gasteiger partial charge is 0.243 e. The van der Waals surface area contributed by atoms with Gasteiger partial charge in [-0.15, -0.1) is 0 Å². The van der Waals surface area contributed by atoms with Crippen LogP contribution in [0.4, 0.5) is 15.8 Å². The van der Waals surface area contributed by atoms with Crippen LogP contribution >= 0.6 is 0 Å². The normalized spacial score (nSPS) is 10.4. The number of nitrogens with one attached hydrogen (secondary N) is 2. The molecule has 1 amide bonds. The van der Waals surface area contributed by atoms with E-state index in [0.29, 0.717) is 0 Å². The first-order valence-electron chi connectivity index (χ1n) is 7.00. The van der Waals surface area contributed by atoms with Crippen molar-refractivity contribution in [3.63, 3.8) is 0 Å². The molecule has 0 aliphatic carbocycles. The number of benzene rings is 3. The second-order valence-corrected chi connectivity index (χ2v) is 4.91. The molecule has 3 nitrogen and oxygen atoms in total. The Bertz CT molecular complexity index is 812. The maximum atomic E-state index is 13.5. The monoisotopic (exact) mass is 294 g/mol. The number of carbonyl (C=O) groups excluding carboxylic acids is 1. The van der Waals surface area contributed by atoms with Gasteiger partial charge in [-0.05, 0) is 23.6 Å². The molecule has 0 aliphatic rings. The van der Waals surface area contributed by atoms with Crippen LogP contribution in [0.5, 0.6) is 0 Å². The van der Waals surface area contributed by atoms with Gasteiger partial charge in [-0.2, -0.15) is 0 Å². The van der Waals surface area contributed by atoms with Gasteiger partial charge in [-0.25, -0.2) is 4.39 Å². The molecule has 0 radical (unpaired) electrons. The maximum absolute atomic E-state index is 13.5. The first-order valence-corrected chi connectivity index (χ1v) is 7.00. The van der Waals surface area contributed by atoms with E-state index in [-0.39, 0.29) is 18.1 Å². The van der Waals surface area contributed by atoms with E-state index in [2.05, 4.69) is 10.6 Å². The van der Waals surface area contributed by atoms with Crippen molar-refractivity contribution in [2.24, 2.45) is 0 Å². The lowest BCUT2D eigenvalue weighted by Crippen LogP contribution is -2.22. The molecule has 110 valence electrons. The molecule has 0 fully saturated rings. The highest BCUT2D eigenvalue weighted by atomic mass is 19.1. The van der Waals surface area contributed by atoms with E-state index in [4.69, 9.17) is 0 Å².